The molecule has 0 rings (SSSR count). The Kier molecular flexibility index (Phi) is 7.34. The summed E-state index contributed by atoms with van der Waals surface area (Å²) in [5, 5.41) is 0. The zero-order valence-electron chi connectivity index (χ0n) is 9.29. The van der Waals surface area contributed by atoms with Crippen LogP contribution in [-0.4, -0.2) is 42.7 Å². The average molecular weight is 222 g/mol. The molecule has 0 aliphatic rings. The summed E-state index contributed by atoms with van der Waals surface area (Å²) < 4.78 is 15.8. The zero-order chi connectivity index (χ0) is 11.0. The summed E-state index contributed by atoms with van der Waals surface area (Å²) in [5.74, 6) is 0. The molecule has 6 heteroatoms. The Labute approximate surface area is 87.1 Å². The van der Waals surface area contributed by atoms with Gasteiger partial charge in [-0.1, -0.05) is 0 Å². The van der Waals surface area contributed by atoms with Gasteiger partial charge >= 0.3 is 8.80 Å². The van der Waals surface area contributed by atoms with E-state index in [1.54, 1.807) is 21.3 Å². The van der Waals surface area contributed by atoms with E-state index in [9.17, 15) is 0 Å². The van der Waals surface area contributed by atoms with Crippen molar-refractivity contribution in [1.29, 1.82) is 0 Å². The summed E-state index contributed by atoms with van der Waals surface area (Å²) >= 11 is 0. The average Bonchev–Trinajstić information content (AvgIpc) is 2.23. The Morgan fingerprint density at radius 1 is 1.14 bits per heavy atom. The van der Waals surface area contributed by atoms with Crippen LogP contribution in [0.25, 0.3) is 0 Å². The lowest BCUT2D eigenvalue weighted by molar-refractivity contribution is 0.121. The molecule has 0 bridgehead atoms. The molecule has 0 aromatic rings. The first kappa shape index (κ1) is 14.0. The smallest absolute Gasteiger partial charge is 0.377 e. The van der Waals surface area contributed by atoms with Crippen LogP contribution in [0, 0.1) is 0 Å². The van der Waals surface area contributed by atoms with Crippen LogP contribution in [0.1, 0.15) is 12.8 Å². The van der Waals surface area contributed by atoms with Gasteiger partial charge in [0.25, 0.3) is 0 Å². The maximum Gasteiger partial charge on any atom is 0.501 e. The fourth-order valence-electron chi connectivity index (χ4n) is 1.30. The molecule has 0 aliphatic carbocycles. The summed E-state index contributed by atoms with van der Waals surface area (Å²) in [7, 11) is 2.28. The van der Waals surface area contributed by atoms with Crippen molar-refractivity contribution >= 4 is 8.80 Å². The third-order valence-electron chi connectivity index (χ3n) is 2.22. The highest BCUT2D eigenvalue weighted by Crippen LogP contribution is 2.16. The lowest BCUT2D eigenvalue weighted by atomic mass is 10.2. The van der Waals surface area contributed by atoms with E-state index in [-0.39, 0.29) is 6.04 Å². The van der Waals surface area contributed by atoms with Gasteiger partial charge in [-0.05, 0) is 19.4 Å². The lowest BCUT2D eigenvalue weighted by Crippen LogP contribution is -2.47. The Bertz CT molecular complexity index is 136. The van der Waals surface area contributed by atoms with E-state index in [2.05, 4.69) is 0 Å². The molecular formula is C8H22N2O3Si. The quantitative estimate of drug-likeness (QED) is 0.562. The van der Waals surface area contributed by atoms with Gasteiger partial charge in [0.1, 0.15) is 0 Å². The standard InChI is InChI=1S/C8H22N2O3Si/c1-11-14(12-2,13-3)7-8(10)5-4-6-9/h8H,4-7,9-10H2,1-3H3. The van der Waals surface area contributed by atoms with Crippen LogP contribution in [0.3, 0.4) is 0 Å². The molecule has 0 aromatic heterocycles. The Hall–Kier alpha value is 0.0169. The van der Waals surface area contributed by atoms with Crippen molar-refractivity contribution in [2.75, 3.05) is 27.9 Å². The van der Waals surface area contributed by atoms with Gasteiger partial charge in [-0.25, -0.2) is 0 Å². The van der Waals surface area contributed by atoms with Crippen molar-refractivity contribution in [1.82, 2.24) is 0 Å². The molecule has 1 atom stereocenters. The molecule has 0 saturated heterocycles. The molecule has 0 fully saturated rings. The summed E-state index contributed by atoms with van der Waals surface area (Å²) in [4.78, 5) is 0. The van der Waals surface area contributed by atoms with E-state index < -0.39 is 8.80 Å². The first-order chi connectivity index (χ1) is 6.64. The van der Waals surface area contributed by atoms with Crippen molar-refractivity contribution < 1.29 is 13.3 Å². The summed E-state index contributed by atoms with van der Waals surface area (Å²) in [6.07, 6.45) is 1.80. The van der Waals surface area contributed by atoms with E-state index in [0.717, 1.165) is 12.8 Å². The molecule has 0 radical (unpaired) electrons. The predicted octanol–water partition coefficient (Wildman–Crippen LogP) is -0.0693. The third-order valence-corrected chi connectivity index (χ3v) is 5.11. The van der Waals surface area contributed by atoms with Gasteiger partial charge in [-0.3, -0.25) is 0 Å². The Morgan fingerprint density at radius 3 is 2.00 bits per heavy atom. The molecule has 5 nitrogen and oxygen atoms in total. The zero-order valence-corrected chi connectivity index (χ0v) is 10.3. The molecule has 1 unspecified atom stereocenters. The maximum absolute atomic E-state index is 5.91. The third kappa shape index (κ3) is 4.49. The Balaban J connectivity index is 4.01. The van der Waals surface area contributed by atoms with E-state index in [0.29, 0.717) is 12.6 Å². The van der Waals surface area contributed by atoms with E-state index in [4.69, 9.17) is 24.7 Å². The molecule has 0 saturated carbocycles. The molecule has 0 aliphatic heterocycles. The van der Waals surface area contributed by atoms with Crippen LogP contribution in [-0.2, 0) is 13.3 Å². The first-order valence-electron chi connectivity index (χ1n) is 4.75. The molecule has 0 aromatic carbocycles. The maximum atomic E-state index is 5.91. The molecule has 0 amide bonds. The number of hydrogen-bond donors (Lipinski definition) is 2. The molecule has 0 spiro atoms. The van der Waals surface area contributed by atoms with Gasteiger partial charge < -0.3 is 24.7 Å². The first-order valence-corrected chi connectivity index (χ1v) is 6.68. The predicted molar refractivity (Wildman–Crippen MR) is 57.9 cm³/mol. The highest BCUT2D eigenvalue weighted by atomic mass is 28.4. The van der Waals surface area contributed by atoms with Crippen molar-refractivity contribution in [3.63, 3.8) is 0 Å². The van der Waals surface area contributed by atoms with Crippen LogP contribution in [0.15, 0.2) is 0 Å². The van der Waals surface area contributed by atoms with Gasteiger partial charge in [0.15, 0.2) is 0 Å². The fraction of sp³-hybridized carbons (Fsp3) is 1.00. The summed E-state index contributed by atoms with van der Waals surface area (Å²) in [6, 6.07) is 0.668. The fourth-order valence-corrected chi connectivity index (χ4v) is 3.15. The minimum Gasteiger partial charge on any atom is -0.377 e. The van der Waals surface area contributed by atoms with Gasteiger partial charge in [0.05, 0.1) is 0 Å². The van der Waals surface area contributed by atoms with Gasteiger partial charge in [0.2, 0.25) is 0 Å². The largest absolute Gasteiger partial charge is 0.501 e. The van der Waals surface area contributed by atoms with E-state index in [1.807, 2.05) is 0 Å². The van der Waals surface area contributed by atoms with Gasteiger partial charge in [-0.2, -0.15) is 0 Å². The second-order valence-electron chi connectivity index (χ2n) is 3.19. The minimum absolute atomic E-state index is 0.0325. The van der Waals surface area contributed by atoms with Crippen LogP contribution >= 0.6 is 0 Å². The normalized spacial score (nSPS) is 14.4. The number of nitrogens with two attached hydrogens (primary N) is 2. The molecule has 86 valence electrons. The van der Waals surface area contributed by atoms with Crippen molar-refractivity contribution in [2.24, 2.45) is 11.5 Å². The van der Waals surface area contributed by atoms with Crippen LogP contribution in [0.5, 0.6) is 0 Å². The van der Waals surface area contributed by atoms with Gasteiger partial charge in [-0.15, -0.1) is 0 Å². The van der Waals surface area contributed by atoms with Crippen LogP contribution in [0.4, 0.5) is 0 Å². The molecular weight excluding hydrogens is 200 g/mol. The van der Waals surface area contributed by atoms with Crippen LogP contribution < -0.4 is 11.5 Å². The van der Waals surface area contributed by atoms with E-state index in [1.165, 1.54) is 0 Å². The minimum atomic E-state index is -2.50. The second kappa shape index (κ2) is 7.33. The highest BCUT2D eigenvalue weighted by molar-refractivity contribution is 6.60. The van der Waals surface area contributed by atoms with Crippen molar-refractivity contribution in [3.8, 4) is 0 Å². The van der Waals surface area contributed by atoms with Crippen molar-refractivity contribution in [3.05, 3.63) is 0 Å². The van der Waals surface area contributed by atoms with E-state index >= 15 is 0 Å². The topological polar surface area (TPSA) is 79.7 Å². The molecule has 4 N–H and O–H groups in total. The lowest BCUT2D eigenvalue weighted by Gasteiger charge is -2.26. The SMILES string of the molecule is CO[Si](CC(N)CCCN)(OC)OC. The monoisotopic (exact) mass is 222 g/mol. The summed E-state index contributed by atoms with van der Waals surface area (Å²) in [6.45, 7) is 0.662. The molecule has 14 heavy (non-hydrogen) atoms. The number of rotatable bonds is 8. The molecule has 0 heterocycles. The van der Waals surface area contributed by atoms with Crippen LogP contribution in [0.2, 0.25) is 6.04 Å². The second-order valence-corrected chi connectivity index (χ2v) is 6.19. The summed E-state index contributed by atoms with van der Waals surface area (Å²) in [5.41, 5.74) is 11.3. The van der Waals surface area contributed by atoms with Gasteiger partial charge in [0, 0.05) is 33.4 Å². The number of hydrogen-bond acceptors (Lipinski definition) is 5. The highest BCUT2D eigenvalue weighted by Gasteiger charge is 2.39. The van der Waals surface area contributed by atoms with Crippen molar-refractivity contribution in [2.45, 2.75) is 24.9 Å². The Morgan fingerprint density at radius 2 is 1.64 bits per heavy atom.